The second kappa shape index (κ2) is 4.14. The van der Waals surface area contributed by atoms with Crippen LogP contribution in [0.4, 0.5) is 30.7 Å². The summed E-state index contributed by atoms with van der Waals surface area (Å²) in [7, 11) is 0. The van der Waals surface area contributed by atoms with Gasteiger partial charge in [-0.1, -0.05) is 0 Å². The molecule has 5 nitrogen and oxygen atoms in total. The molecule has 0 saturated carbocycles. The number of alkyl halides is 7. The van der Waals surface area contributed by atoms with Crippen LogP contribution in [0.1, 0.15) is 0 Å². The van der Waals surface area contributed by atoms with E-state index in [1.807, 2.05) is 0 Å². The maximum Gasteiger partial charge on any atom is 0.450 e. The van der Waals surface area contributed by atoms with Gasteiger partial charge < -0.3 is 9.47 Å². The van der Waals surface area contributed by atoms with Crippen molar-refractivity contribution in [3.05, 3.63) is 10.4 Å². The summed E-state index contributed by atoms with van der Waals surface area (Å²) >= 11 is 0. The van der Waals surface area contributed by atoms with Crippen LogP contribution in [0.15, 0.2) is 5.11 Å². The van der Waals surface area contributed by atoms with Crippen molar-refractivity contribution < 1.29 is 40.2 Å². The highest BCUT2D eigenvalue weighted by Gasteiger charge is 2.82. The highest BCUT2D eigenvalue weighted by Crippen LogP contribution is 2.54. The monoisotopic (exact) mass is 283 g/mol. The number of hydrogen-bond acceptors (Lipinski definition) is 3. The summed E-state index contributed by atoms with van der Waals surface area (Å²) in [5, 5.41) is 1.37. The van der Waals surface area contributed by atoms with Crippen LogP contribution in [0.3, 0.4) is 0 Å². The molecular formula is C6H4F7N3O2. The Balaban J connectivity index is 3.34. The van der Waals surface area contributed by atoms with Gasteiger partial charge in [-0.05, 0) is 10.6 Å². The first kappa shape index (κ1) is 14.8. The Morgan fingerprint density at radius 2 is 1.44 bits per heavy atom. The van der Waals surface area contributed by atoms with Crippen LogP contribution in [0.2, 0.25) is 0 Å². The molecule has 0 aromatic heterocycles. The molecule has 0 bridgehead atoms. The van der Waals surface area contributed by atoms with Gasteiger partial charge in [0.05, 0.1) is 13.2 Å². The largest absolute Gasteiger partial charge is 0.450 e. The van der Waals surface area contributed by atoms with Crippen molar-refractivity contribution in [3.63, 3.8) is 0 Å². The van der Waals surface area contributed by atoms with Crippen molar-refractivity contribution >= 4 is 0 Å². The van der Waals surface area contributed by atoms with Crippen LogP contribution >= 0.6 is 0 Å². The summed E-state index contributed by atoms with van der Waals surface area (Å²) < 4.78 is 96.9. The molecule has 1 fully saturated rings. The molecule has 0 spiro atoms. The SMILES string of the molecule is [N-]=[N+]=NC(F)(F)C(F)(F)C1(C(F)(F)F)OCCO1. The summed E-state index contributed by atoms with van der Waals surface area (Å²) in [4.78, 5) is 1.37. The Bertz CT molecular complexity index is 370. The minimum atomic E-state index is -5.94. The second-order valence-corrected chi connectivity index (χ2v) is 3.12. The summed E-state index contributed by atoms with van der Waals surface area (Å²) in [5.41, 5.74) is 7.68. The van der Waals surface area contributed by atoms with E-state index in [1.165, 1.54) is 10.0 Å². The van der Waals surface area contributed by atoms with E-state index in [2.05, 4.69) is 9.47 Å². The van der Waals surface area contributed by atoms with Gasteiger partial charge in [0.15, 0.2) is 0 Å². The van der Waals surface area contributed by atoms with Gasteiger partial charge in [-0.25, -0.2) is 0 Å². The lowest BCUT2D eigenvalue weighted by atomic mass is 10.1. The smallest absolute Gasteiger partial charge is 0.335 e. The van der Waals surface area contributed by atoms with E-state index < -0.39 is 37.1 Å². The van der Waals surface area contributed by atoms with Gasteiger partial charge in [-0.15, -0.1) is 0 Å². The molecular weight excluding hydrogens is 279 g/mol. The van der Waals surface area contributed by atoms with Crippen molar-refractivity contribution in [2.24, 2.45) is 5.11 Å². The lowest BCUT2D eigenvalue weighted by Crippen LogP contribution is -2.66. The molecule has 0 aromatic rings. The Morgan fingerprint density at radius 3 is 1.78 bits per heavy atom. The predicted octanol–water partition coefficient (Wildman–Crippen LogP) is 2.83. The molecule has 1 aliphatic rings. The zero-order chi connectivity index (χ0) is 14.2. The van der Waals surface area contributed by atoms with Crippen LogP contribution in [0.25, 0.3) is 10.4 Å². The third-order valence-corrected chi connectivity index (χ3v) is 2.03. The van der Waals surface area contributed by atoms with E-state index in [1.54, 1.807) is 0 Å². The van der Waals surface area contributed by atoms with Crippen molar-refractivity contribution in [2.45, 2.75) is 23.9 Å². The third-order valence-electron chi connectivity index (χ3n) is 2.03. The number of nitrogens with zero attached hydrogens (tertiary/aromatic N) is 3. The number of rotatable bonds is 3. The summed E-state index contributed by atoms with van der Waals surface area (Å²) in [6, 6.07) is -5.67. The zero-order valence-corrected chi connectivity index (χ0v) is 8.22. The van der Waals surface area contributed by atoms with Crippen molar-refractivity contribution in [3.8, 4) is 0 Å². The molecule has 1 saturated heterocycles. The topological polar surface area (TPSA) is 67.2 Å². The molecule has 1 aliphatic heterocycles. The first-order valence-corrected chi connectivity index (χ1v) is 4.18. The van der Waals surface area contributed by atoms with E-state index in [9.17, 15) is 30.7 Å². The predicted molar refractivity (Wildman–Crippen MR) is 39.7 cm³/mol. The Morgan fingerprint density at radius 1 is 1.00 bits per heavy atom. The van der Waals surface area contributed by atoms with Gasteiger partial charge >= 0.3 is 23.9 Å². The van der Waals surface area contributed by atoms with E-state index >= 15 is 0 Å². The maximum atomic E-state index is 13.3. The standard InChI is InChI=1S/C6H4F7N3O2/c7-3(8,6(12,13)15-16-14)4(5(9,10)11)17-1-2-18-4/h1-2H2. The highest BCUT2D eigenvalue weighted by molar-refractivity contribution is 5.02. The van der Waals surface area contributed by atoms with Crippen LogP contribution in [-0.4, -0.2) is 37.1 Å². The van der Waals surface area contributed by atoms with E-state index in [0.717, 1.165) is 0 Å². The molecule has 0 amide bonds. The fourth-order valence-electron chi connectivity index (χ4n) is 1.25. The van der Waals surface area contributed by atoms with Gasteiger partial charge in [0.2, 0.25) is 0 Å². The Hall–Kier alpha value is -1.26. The van der Waals surface area contributed by atoms with Gasteiger partial charge in [0.25, 0.3) is 0 Å². The summed E-state index contributed by atoms with van der Waals surface area (Å²) in [5.74, 6) is -10.8. The Labute approximate surface area is 94.1 Å². The molecule has 1 heterocycles. The molecule has 0 aliphatic carbocycles. The van der Waals surface area contributed by atoms with E-state index in [-0.39, 0.29) is 0 Å². The molecule has 0 aromatic carbocycles. The van der Waals surface area contributed by atoms with Crippen molar-refractivity contribution in [1.82, 2.24) is 0 Å². The van der Waals surface area contributed by atoms with Crippen LogP contribution in [0.5, 0.6) is 0 Å². The highest BCUT2D eigenvalue weighted by atomic mass is 19.4. The van der Waals surface area contributed by atoms with Crippen LogP contribution in [-0.2, 0) is 9.47 Å². The molecule has 104 valence electrons. The van der Waals surface area contributed by atoms with Crippen LogP contribution in [0, 0.1) is 0 Å². The number of ether oxygens (including phenoxy) is 2. The van der Waals surface area contributed by atoms with Gasteiger partial charge in [0.1, 0.15) is 0 Å². The molecule has 0 atom stereocenters. The molecule has 0 radical (unpaired) electrons. The lowest BCUT2D eigenvalue weighted by Gasteiger charge is -2.38. The molecule has 0 unspecified atom stereocenters. The van der Waals surface area contributed by atoms with E-state index in [0.29, 0.717) is 0 Å². The average molecular weight is 283 g/mol. The molecule has 0 N–H and O–H groups in total. The van der Waals surface area contributed by atoms with Gasteiger partial charge in [-0.3, -0.25) is 0 Å². The Kier molecular flexibility index (Phi) is 3.40. The molecule has 18 heavy (non-hydrogen) atoms. The fourth-order valence-corrected chi connectivity index (χ4v) is 1.25. The van der Waals surface area contributed by atoms with Crippen molar-refractivity contribution in [2.75, 3.05) is 13.2 Å². The molecule has 12 heteroatoms. The number of hydrogen-bond donors (Lipinski definition) is 0. The summed E-state index contributed by atoms with van der Waals surface area (Å²) in [6.45, 7) is -1.91. The second-order valence-electron chi connectivity index (χ2n) is 3.12. The van der Waals surface area contributed by atoms with Crippen molar-refractivity contribution in [1.29, 1.82) is 0 Å². The van der Waals surface area contributed by atoms with Gasteiger partial charge in [0, 0.05) is 4.91 Å². The minimum Gasteiger partial charge on any atom is -0.335 e. The maximum absolute atomic E-state index is 13.3. The first-order valence-electron chi connectivity index (χ1n) is 4.18. The quantitative estimate of drug-likeness (QED) is 0.263. The van der Waals surface area contributed by atoms with Crippen LogP contribution < -0.4 is 0 Å². The third kappa shape index (κ3) is 1.85. The number of halogens is 7. The zero-order valence-electron chi connectivity index (χ0n) is 8.22. The fraction of sp³-hybridized carbons (Fsp3) is 1.00. The summed E-state index contributed by atoms with van der Waals surface area (Å²) in [6.07, 6.45) is -5.94. The average Bonchev–Trinajstić information content (AvgIpc) is 2.65. The van der Waals surface area contributed by atoms with Gasteiger partial charge in [-0.2, -0.15) is 30.7 Å². The minimum absolute atomic E-state index is 0.957. The lowest BCUT2D eigenvalue weighted by molar-refractivity contribution is -0.441. The first-order chi connectivity index (χ1) is 8.02. The van der Waals surface area contributed by atoms with E-state index in [4.69, 9.17) is 5.53 Å². The number of azide groups is 1. The molecule has 1 rings (SSSR count). The normalized spacial score (nSPS) is 20.6.